The largest absolute Gasteiger partial charge is 0.358 e. The van der Waals surface area contributed by atoms with Gasteiger partial charge in [-0.3, -0.25) is 0 Å². The third-order valence-corrected chi connectivity index (χ3v) is 4.63. The summed E-state index contributed by atoms with van der Waals surface area (Å²) in [5, 5.41) is 12.5. The molecule has 0 radical (unpaired) electrons. The Labute approximate surface area is 184 Å². The van der Waals surface area contributed by atoms with E-state index in [0.717, 1.165) is 11.1 Å². The van der Waals surface area contributed by atoms with Crippen molar-refractivity contribution in [3.05, 3.63) is 95.6 Å². The summed E-state index contributed by atoms with van der Waals surface area (Å²) in [7, 11) is 0. The van der Waals surface area contributed by atoms with E-state index in [2.05, 4.69) is 21.3 Å². The van der Waals surface area contributed by atoms with Crippen LogP contribution in [0.4, 0.5) is 20.2 Å². The van der Waals surface area contributed by atoms with Crippen LogP contribution < -0.4 is 21.3 Å². The minimum Gasteiger partial charge on any atom is -0.358 e. The molecule has 3 rings (SSSR count). The lowest BCUT2D eigenvalue weighted by molar-refractivity contribution is 0.631. The van der Waals surface area contributed by atoms with Crippen LogP contribution in [0.25, 0.3) is 0 Å². The minimum absolute atomic E-state index is 0.323. The Bertz CT molecular complexity index is 964. The van der Waals surface area contributed by atoms with Crippen molar-refractivity contribution in [2.45, 2.75) is 13.1 Å². The normalized spacial score (nSPS) is 10.2. The number of halogens is 2. The van der Waals surface area contributed by atoms with Gasteiger partial charge in [0.15, 0.2) is 10.2 Å². The van der Waals surface area contributed by atoms with Gasteiger partial charge in [0.05, 0.1) is 11.4 Å². The SMILES string of the molecule is Fc1ccccc1NC(=S)NCc1cccc(CNC(=S)Nc2ccccc2F)c1. The standard InChI is InChI=1S/C22H20F2N4S2/c23-17-8-1-3-10-19(17)27-21(29)25-13-15-6-5-7-16(12-15)14-26-22(30)28-20-11-4-2-9-18(20)24/h1-12H,13-14H2,(H2,25,27,29)(H2,26,28,30). The molecule has 30 heavy (non-hydrogen) atoms. The zero-order chi connectivity index (χ0) is 21.3. The van der Waals surface area contributed by atoms with Gasteiger partial charge in [-0.25, -0.2) is 8.78 Å². The Balaban J connectivity index is 1.48. The molecule has 0 saturated carbocycles. The van der Waals surface area contributed by atoms with Gasteiger partial charge in [-0.1, -0.05) is 48.5 Å². The van der Waals surface area contributed by atoms with Gasteiger partial charge in [0.2, 0.25) is 0 Å². The van der Waals surface area contributed by atoms with Crippen molar-refractivity contribution in [2.75, 3.05) is 10.6 Å². The van der Waals surface area contributed by atoms with Gasteiger partial charge in [0, 0.05) is 13.1 Å². The van der Waals surface area contributed by atoms with E-state index in [0.29, 0.717) is 34.7 Å². The van der Waals surface area contributed by atoms with Gasteiger partial charge in [-0.2, -0.15) is 0 Å². The molecule has 154 valence electrons. The molecule has 0 amide bonds. The van der Waals surface area contributed by atoms with Crippen molar-refractivity contribution >= 4 is 46.0 Å². The molecule has 0 atom stereocenters. The highest BCUT2D eigenvalue weighted by Crippen LogP contribution is 2.13. The van der Waals surface area contributed by atoms with E-state index in [1.54, 1.807) is 36.4 Å². The van der Waals surface area contributed by atoms with Crippen LogP contribution in [0.1, 0.15) is 11.1 Å². The topological polar surface area (TPSA) is 48.1 Å². The Morgan fingerprint density at radius 3 is 1.50 bits per heavy atom. The third kappa shape index (κ3) is 6.47. The summed E-state index contributed by atoms with van der Waals surface area (Å²) in [6.07, 6.45) is 0. The van der Waals surface area contributed by atoms with E-state index in [-0.39, 0.29) is 11.6 Å². The molecule has 0 saturated heterocycles. The summed E-state index contributed by atoms with van der Waals surface area (Å²) in [5.74, 6) is -0.732. The van der Waals surface area contributed by atoms with Crippen LogP contribution in [-0.2, 0) is 13.1 Å². The van der Waals surface area contributed by atoms with Crippen molar-refractivity contribution in [3.63, 3.8) is 0 Å². The number of rotatable bonds is 6. The van der Waals surface area contributed by atoms with E-state index in [4.69, 9.17) is 24.4 Å². The van der Waals surface area contributed by atoms with Crippen molar-refractivity contribution < 1.29 is 8.78 Å². The van der Waals surface area contributed by atoms with Crippen molar-refractivity contribution in [1.82, 2.24) is 10.6 Å². The number of hydrogen-bond donors (Lipinski definition) is 4. The molecule has 0 fully saturated rings. The lowest BCUT2D eigenvalue weighted by Gasteiger charge is -2.13. The number of anilines is 2. The van der Waals surface area contributed by atoms with Crippen LogP contribution >= 0.6 is 24.4 Å². The van der Waals surface area contributed by atoms with Crippen molar-refractivity contribution in [3.8, 4) is 0 Å². The summed E-state index contributed by atoms with van der Waals surface area (Å²) >= 11 is 10.5. The summed E-state index contributed by atoms with van der Waals surface area (Å²) in [5.41, 5.74) is 2.65. The average Bonchev–Trinajstić information content (AvgIpc) is 2.74. The predicted octanol–water partition coefficient (Wildman–Crippen LogP) is 4.94. The lowest BCUT2D eigenvalue weighted by atomic mass is 10.1. The Kier molecular flexibility index (Phi) is 7.64. The fourth-order valence-electron chi connectivity index (χ4n) is 2.67. The van der Waals surface area contributed by atoms with Crippen LogP contribution in [0, 0.1) is 11.6 Å². The molecule has 8 heteroatoms. The van der Waals surface area contributed by atoms with E-state index >= 15 is 0 Å². The van der Waals surface area contributed by atoms with Crippen LogP contribution in [0.2, 0.25) is 0 Å². The highest BCUT2D eigenvalue weighted by Gasteiger charge is 2.05. The second-order valence-electron chi connectivity index (χ2n) is 6.39. The molecule has 0 aliphatic carbocycles. The first-order chi connectivity index (χ1) is 14.5. The van der Waals surface area contributed by atoms with Gasteiger partial charge < -0.3 is 21.3 Å². The summed E-state index contributed by atoms with van der Waals surface area (Å²) < 4.78 is 27.4. The first-order valence-electron chi connectivity index (χ1n) is 9.18. The molecule has 4 nitrogen and oxygen atoms in total. The highest BCUT2D eigenvalue weighted by atomic mass is 32.1. The third-order valence-electron chi connectivity index (χ3n) is 4.14. The maximum Gasteiger partial charge on any atom is 0.171 e. The molecule has 4 N–H and O–H groups in total. The first-order valence-corrected chi connectivity index (χ1v) is 9.99. The lowest BCUT2D eigenvalue weighted by Crippen LogP contribution is -2.29. The van der Waals surface area contributed by atoms with Crippen LogP contribution in [0.15, 0.2) is 72.8 Å². The summed E-state index contributed by atoms with van der Waals surface area (Å²) in [6, 6.07) is 20.5. The Hall–Kier alpha value is -3.10. The number of para-hydroxylation sites is 2. The van der Waals surface area contributed by atoms with Gasteiger partial charge in [-0.15, -0.1) is 0 Å². The molecule has 0 spiro atoms. The molecule has 0 aliphatic heterocycles. The van der Waals surface area contributed by atoms with Crippen LogP contribution in [0.3, 0.4) is 0 Å². The predicted molar refractivity (Wildman–Crippen MR) is 125 cm³/mol. The Morgan fingerprint density at radius 2 is 1.07 bits per heavy atom. The summed E-state index contributed by atoms with van der Waals surface area (Å²) in [4.78, 5) is 0. The number of thiocarbonyl (C=S) groups is 2. The molecule has 3 aromatic carbocycles. The Morgan fingerprint density at radius 1 is 0.633 bits per heavy atom. The molecule has 0 bridgehead atoms. The van der Waals surface area contributed by atoms with Gasteiger partial charge in [-0.05, 0) is 59.8 Å². The van der Waals surface area contributed by atoms with E-state index in [1.165, 1.54) is 12.1 Å². The number of benzene rings is 3. The van der Waals surface area contributed by atoms with E-state index in [9.17, 15) is 8.78 Å². The second kappa shape index (κ2) is 10.6. The van der Waals surface area contributed by atoms with E-state index < -0.39 is 0 Å². The first kappa shape index (κ1) is 21.6. The van der Waals surface area contributed by atoms with Crippen molar-refractivity contribution in [2.24, 2.45) is 0 Å². The molecular weight excluding hydrogens is 422 g/mol. The van der Waals surface area contributed by atoms with Gasteiger partial charge in [0.1, 0.15) is 11.6 Å². The molecule has 0 unspecified atom stereocenters. The molecular formula is C22H20F2N4S2. The second-order valence-corrected chi connectivity index (χ2v) is 7.21. The molecule has 0 aromatic heterocycles. The van der Waals surface area contributed by atoms with Gasteiger partial charge >= 0.3 is 0 Å². The molecule has 0 heterocycles. The summed E-state index contributed by atoms with van der Waals surface area (Å²) in [6.45, 7) is 0.956. The fourth-order valence-corrected chi connectivity index (χ4v) is 3.04. The number of hydrogen-bond acceptors (Lipinski definition) is 2. The maximum absolute atomic E-state index is 13.7. The van der Waals surface area contributed by atoms with E-state index in [1.807, 2.05) is 24.3 Å². The highest BCUT2D eigenvalue weighted by molar-refractivity contribution is 7.80. The number of nitrogens with one attached hydrogen (secondary N) is 4. The molecule has 3 aromatic rings. The monoisotopic (exact) mass is 442 g/mol. The zero-order valence-corrected chi connectivity index (χ0v) is 17.5. The van der Waals surface area contributed by atoms with Crippen molar-refractivity contribution in [1.29, 1.82) is 0 Å². The van der Waals surface area contributed by atoms with Crippen LogP contribution in [0.5, 0.6) is 0 Å². The fraction of sp³-hybridized carbons (Fsp3) is 0.0909. The smallest absolute Gasteiger partial charge is 0.171 e. The zero-order valence-electron chi connectivity index (χ0n) is 15.9. The van der Waals surface area contributed by atoms with Gasteiger partial charge in [0.25, 0.3) is 0 Å². The average molecular weight is 443 g/mol. The molecule has 0 aliphatic rings. The quantitative estimate of drug-likeness (QED) is 0.406. The van der Waals surface area contributed by atoms with Crippen LogP contribution in [-0.4, -0.2) is 10.2 Å². The minimum atomic E-state index is -0.366. The maximum atomic E-state index is 13.7.